The van der Waals surface area contributed by atoms with Crippen LogP contribution in [0.1, 0.15) is 55.3 Å². The number of carboxylic acid groups (broad SMARTS) is 1. The van der Waals surface area contributed by atoms with E-state index in [-0.39, 0.29) is 24.9 Å². The lowest BCUT2D eigenvalue weighted by Gasteiger charge is -2.31. The van der Waals surface area contributed by atoms with Crippen LogP contribution in [0.15, 0.2) is 24.5 Å². The van der Waals surface area contributed by atoms with Crippen molar-refractivity contribution in [3.8, 4) is 0 Å². The third kappa shape index (κ3) is 4.55. The molecule has 1 fully saturated rings. The van der Waals surface area contributed by atoms with Gasteiger partial charge in [0.25, 0.3) is 5.91 Å². The third-order valence-electron chi connectivity index (χ3n) is 4.02. The topological polar surface area (TPSA) is 70.5 Å². The molecule has 0 atom stereocenters. The minimum Gasteiger partial charge on any atom is -0.481 e. The molecule has 0 radical (unpaired) electrons. The molecule has 1 heterocycles. The molecule has 21 heavy (non-hydrogen) atoms. The lowest BCUT2D eigenvalue weighted by atomic mass is 10.1. The van der Waals surface area contributed by atoms with Crippen LogP contribution in [0.3, 0.4) is 0 Å². The van der Waals surface area contributed by atoms with Crippen molar-refractivity contribution in [1.29, 1.82) is 0 Å². The molecule has 114 valence electrons. The second-order valence-corrected chi connectivity index (χ2v) is 5.52. The zero-order valence-electron chi connectivity index (χ0n) is 12.2. The minimum atomic E-state index is -0.865. The summed E-state index contributed by atoms with van der Waals surface area (Å²) < 4.78 is 0. The molecular formula is C16H22N2O3. The average Bonchev–Trinajstić information content (AvgIpc) is 2.77. The first kappa shape index (κ1) is 15.5. The number of carbonyl (C=O) groups excluding carboxylic acids is 1. The van der Waals surface area contributed by atoms with Crippen LogP contribution in [0.25, 0.3) is 0 Å². The summed E-state index contributed by atoms with van der Waals surface area (Å²) >= 11 is 0. The van der Waals surface area contributed by atoms with E-state index in [9.17, 15) is 9.59 Å². The number of hydrogen-bond donors (Lipinski definition) is 1. The summed E-state index contributed by atoms with van der Waals surface area (Å²) in [7, 11) is 0. The second kappa shape index (κ2) is 7.76. The molecule has 0 spiro atoms. The van der Waals surface area contributed by atoms with Crippen molar-refractivity contribution in [2.75, 3.05) is 6.54 Å². The van der Waals surface area contributed by atoms with Gasteiger partial charge in [0.15, 0.2) is 0 Å². The summed E-state index contributed by atoms with van der Waals surface area (Å²) in [6, 6.07) is 3.53. The van der Waals surface area contributed by atoms with Crippen LogP contribution in [0.5, 0.6) is 0 Å². The summed E-state index contributed by atoms with van der Waals surface area (Å²) in [4.78, 5) is 29.2. The third-order valence-corrected chi connectivity index (χ3v) is 4.02. The monoisotopic (exact) mass is 290 g/mol. The van der Waals surface area contributed by atoms with E-state index in [1.165, 1.54) is 12.8 Å². The summed E-state index contributed by atoms with van der Waals surface area (Å²) in [5.41, 5.74) is 0.583. The molecule has 1 aromatic heterocycles. The largest absolute Gasteiger partial charge is 0.481 e. The number of amides is 1. The number of rotatable bonds is 5. The van der Waals surface area contributed by atoms with E-state index in [0.29, 0.717) is 5.56 Å². The van der Waals surface area contributed by atoms with E-state index in [1.54, 1.807) is 29.4 Å². The minimum absolute atomic E-state index is 0.00662. The van der Waals surface area contributed by atoms with Crippen LogP contribution in [0.2, 0.25) is 0 Å². The maximum Gasteiger partial charge on any atom is 0.305 e. The Morgan fingerprint density at radius 3 is 2.33 bits per heavy atom. The molecule has 0 aliphatic heterocycles. The number of pyridine rings is 1. The van der Waals surface area contributed by atoms with Crippen molar-refractivity contribution >= 4 is 11.9 Å². The van der Waals surface area contributed by atoms with Gasteiger partial charge in [0.05, 0.1) is 6.42 Å². The number of aromatic nitrogens is 1. The van der Waals surface area contributed by atoms with Crippen LogP contribution >= 0.6 is 0 Å². The maximum atomic E-state index is 12.7. The van der Waals surface area contributed by atoms with Crippen molar-refractivity contribution in [1.82, 2.24) is 9.88 Å². The van der Waals surface area contributed by atoms with Crippen molar-refractivity contribution in [3.63, 3.8) is 0 Å². The van der Waals surface area contributed by atoms with Crippen molar-refractivity contribution in [3.05, 3.63) is 30.1 Å². The molecule has 5 nitrogen and oxygen atoms in total. The van der Waals surface area contributed by atoms with Crippen LogP contribution in [-0.4, -0.2) is 39.5 Å². The molecule has 1 N–H and O–H groups in total. The Hall–Kier alpha value is -1.91. The molecule has 0 saturated heterocycles. The Labute approximate surface area is 125 Å². The molecule has 1 saturated carbocycles. The van der Waals surface area contributed by atoms with Gasteiger partial charge in [0.2, 0.25) is 0 Å². The molecule has 2 rings (SSSR count). The fraction of sp³-hybridized carbons (Fsp3) is 0.562. The number of hydrogen-bond acceptors (Lipinski definition) is 3. The SMILES string of the molecule is O=C(O)CCN(C(=O)c1ccncc1)C1CCCCCC1. The first-order valence-corrected chi connectivity index (χ1v) is 7.61. The standard InChI is InChI=1S/C16H22N2O3/c19-15(20)9-12-18(14-5-3-1-2-4-6-14)16(21)13-7-10-17-11-8-13/h7-8,10-11,14H,1-6,9,12H2,(H,19,20). The summed E-state index contributed by atoms with van der Waals surface area (Å²) in [5, 5.41) is 8.92. The average molecular weight is 290 g/mol. The predicted molar refractivity (Wildman–Crippen MR) is 79.0 cm³/mol. The lowest BCUT2D eigenvalue weighted by molar-refractivity contribution is -0.137. The van der Waals surface area contributed by atoms with Gasteiger partial charge in [-0.1, -0.05) is 25.7 Å². The fourth-order valence-electron chi connectivity index (χ4n) is 2.90. The highest BCUT2D eigenvalue weighted by Crippen LogP contribution is 2.23. The van der Waals surface area contributed by atoms with Gasteiger partial charge in [-0.05, 0) is 25.0 Å². The second-order valence-electron chi connectivity index (χ2n) is 5.52. The Morgan fingerprint density at radius 2 is 1.76 bits per heavy atom. The summed E-state index contributed by atoms with van der Waals surface area (Å²) in [5.74, 6) is -0.943. The Balaban J connectivity index is 2.13. The fourth-order valence-corrected chi connectivity index (χ4v) is 2.90. The lowest BCUT2D eigenvalue weighted by Crippen LogP contribution is -2.41. The zero-order valence-corrected chi connectivity index (χ0v) is 12.2. The molecule has 1 aromatic rings. The van der Waals surface area contributed by atoms with E-state index >= 15 is 0 Å². The number of nitrogens with zero attached hydrogens (tertiary/aromatic N) is 2. The predicted octanol–water partition coefficient (Wildman–Crippen LogP) is 2.72. The van der Waals surface area contributed by atoms with Gasteiger partial charge in [-0.15, -0.1) is 0 Å². The van der Waals surface area contributed by atoms with E-state index in [0.717, 1.165) is 25.7 Å². The van der Waals surface area contributed by atoms with Gasteiger partial charge in [0.1, 0.15) is 0 Å². The van der Waals surface area contributed by atoms with E-state index in [1.807, 2.05) is 0 Å². The van der Waals surface area contributed by atoms with Gasteiger partial charge in [0, 0.05) is 30.5 Å². The highest BCUT2D eigenvalue weighted by molar-refractivity contribution is 5.94. The molecule has 1 aliphatic carbocycles. The number of aliphatic carboxylic acids is 1. The normalized spacial score (nSPS) is 16.2. The quantitative estimate of drug-likeness (QED) is 0.846. The van der Waals surface area contributed by atoms with E-state index in [4.69, 9.17) is 5.11 Å². The van der Waals surface area contributed by atoms with Gasteiger partial charge in [-0.3, -0.25) is 14.6 Å². The molecular weight excluding hydrogens is 268 g/mol. The Morgan fingerprint density at radius 1 is 1.14 bits per heavy atom. The Bertz CT molecular complexity index is 468. The van der Waals surface area contributed by atoms with E-state index < -0.39 is 5.97 Å². The smallest absolute Gasteiger partial charge is 0.305 e. The zero-order chi connectivity index (χ0) is 15.1. The van der Waals surface area contributed by atoms with Crippen molar-refractivity contribution < 1.29 is 14.7 Å². The van der Waals surface area contributed by atoms with Crippen molar-refractivity contribution in [2.24, 2.45) is 0 Å². The molecule has 1 amide bonds. The van der Waals surface area contributed by atoms with Crippen LogP contribution in [0.4, 0.5) is 0 Å². The molecule has 5 heteroatoms. The van der Waals surface area contributed by atoms with Crippen LogP contribution < -0.4 is 0 Å². The summed E-state index contributed by atoms with van der Waals surface area (Å²) in [6.07, 6.45) is 9.74. The molecule has 0 aromatic carbocycles. The summed E-state index contributed by atoms with van der Waals surface area (Å²) in [6.45, 7) is 0.279. The first-order valence-electron chi connectivity index (χ1n) is 7.61. The highest BCUT2D eigenvalue weighted by atomic mass is 16.4. The first-order chi connectivity index (χ1) is 10.2. The highest BCUT2D eigenvalue weighted by Gasteiger charge is 2.25. The van der Waals surface area contributed by atoms with Gasteiger partial charge >= 0.3 is 5.97 Å². The molecule has 0 unspecified atom stereocenters. The van der Waals surface area contributed by atoms with Crippen molar-refractivity contribution in [2.45, 2.75) is 51.0 Å². The maximum absolute atomic E-state index is 12.7. The molecule has 0 bridgehead atoms. The molecule has 1 aliphatic rings. The van der Waals surface area contributed by atoms with Gasteiger partial charge in [-0.25, -0.2) is 0 Å². The van der Waals surface area contributed by atoms with Gasteiger partial charge in [-0.2, -0.15) is 0 Å². The van der Waals surface area contributed by atoms with Crippen LogP contribution in [-0.2, 0) is 4.79 Å². The number of carbonyl (C=O) groups is 2. The Kier molecular flexibility index (Phi) is 5.72. The van der Waals surface area contributed by atoms with Crippen LogP contribution in [0, 0.1) is 0 Å². The van der Waals surface area contributed by atoms with Gasteiger partial charge < -0.3 is 10.0 Å². The van der Waals surface area contributed by atoms with E-state index in [2.05, 4.69) is 4.98 Å². The number of carboxylic acids is 1.